The van der Waals surface area contributed by atoms with Crippen molar-refractivity contribution in [1.29, 1.82) is 0 Å². The maximum atomic E-state index is 13.0. The molecule has 3 heterocycles. The Kier molecular flexibility index (Phi) is 6.16. The minimum Gasteiger partial charge on any atom is -0.320 e. The molecule has 184 valence electrons. The quantitative estimate of drug-likeness (QED) is 0.343. The van der Waals surface area contributed by atoms with Gasteiger partial charge in [-0.3, -0.25) is 4.68 Å². The van der Waals surface area contributed by atoms with Gasteiger partial charge in [-0.1, -0.05) is 65.3 Å². The van der Waals surface area contributed by atoms with Gasteiger partial charge in [0.25, 0.3) is 0 Å². The number of anilines is 1. The summed E-state index contributed by atoms with van der Waals surface area (Å²) in [6.45, 7) is 1.57. The molecule has 0 saturated heterocycles. The lowest BCUT2D eigenvalue weighted by molar-refractivity contribution is 0.206. The second kappa shape index (κ2) is 9.91. The molecule has 1 N–H and O–H groups in total. The summed E-state index contributed by atoms with van der Waals surface area (Å²) in [7, 11) is 0. The third-order valence-electron chi connectivity index (χ3n) is 6.44. The van der Waals surface area contributed by atoms with Crippen LogP contribution in [-0.2, 0) is 19.5 Å². The molecule has 5 aromatic rings. The van der Waals surface area contributed by atoms with Gasteiger partial charge in [0.15, 0.2) is 0 Å². The number of carbonyl (C=O) groups excluding carboxylic acids is 1. The van der Waals surface area contributed by atoms with Crippen LogP contribution < -0.4 is 5.32 Å². The second-order valence-corrected chi connectivity index (χ2v) is 9.33. The highest BCUT2D eigenvalue weighted by Crippen LogP contribution is 2.31. The van der Waals surface area contributed by atoms with Crippen molar-refractivity contribution in [2.24, 2.45) is 0 Å². The number of nitrogens with zero attached hydrogens (tertiary/aromatic N) is 6. The van der Waals surface area contributed by atoms with Gasteiger partial charge in [-0.15, -0.1) is 5.10 Å². The van der Waals surface area contributed by atoms with Gasteiger partial charge in [0.05, 0.1) is 30.7 Å². The molecule has 9 heteroatoms. The van der Waals surface area contributed by atoms with Crippen molar-refractivity contribution in [2.75, 3.05) is 11.9 Å². The second-order valence-electron chi connectivity index (χ2n) is 8.90. The van der Waals surface area contributed by atoms with E-state index in [1.807, 2.05) is 101 Å². The molecule has 0 bridgehead atoms. The number of carbonyl (C=O) groups is 1. The molecule has 0 aliphatic carbocycles. The van der Waals surface area contributed by atoms with E-state index >= 15 is 0 Å². The van der Waals surface area contributed by atoms with Crippen LogP contribution in [0, 0.1) is 0 Å². The average Bonchev–Trinajstić information content (AvgIpc) is 3.55. The van der Waals surface area contributed by atoms with E-state index < -0.39 is 0 Å². The van der Waals surface area contributed by atoms with Crippen LogP contribution in [0.25, 0.3) is 16.9 Å². The maximum absolute atomic E-state index is 13.0. The number of halogens is 1. The zero-order chi connectivity index (χ0) is 25.2. The number of hydrogen-bond donors (Lipinski definition) is 1. The van der Waals surface area contributed by atoms with E-state index in [0.29, 0.717) is 31.1 Å². The Morgan fingerprint density at radius 2 is 1.68 bits per heavy atom. The third kappa shape index (κ3) is 4.83. The topological polar surface area (TPSA) is 80.9 Å². The molecular formula is C28H24ClN7O. The molecular weight excluding hydrogens is 486 g/mol. The molecule has 2 aromatic heterocycles. The van der Waals surface area contributed by atoms with E-state index in [0.717, 1.165) is 39.6 Å². The maximum Gasteiger partial charge on any atom is 0.322 e. The summed E-state index contributed by atoms with van der Waals surface area (Å²) in [5, 5.41) is 17.3. The predicted octanol–water partition coefficient (Wildman–Crippen LogP) is 5.42. The molecule has 8 nitrogen and oxygen atoms in total. The first-order chi connectivity index (χ1) is 18.1. The molecule has 0 radical (unpaired) electrons. The first-order valence-corrected chi connectivity index (χ1v) is 12.4. The predicted molar refractivity (Wildman–Crippen MR) is 143 cm³/mol. The van der Waals surface area contributed by atoms with Gasteiger partial charge in [-0.25, -0.2) is 9.48 Å². The summed E-state index contributed by atoms with van der Waals surface area (Å²) < 4.78 is 3.73. The summed E-state index contributed by atoms with van der Waals surface area (Å²) in [5.74, 6) is 0. The zero-order valence-electron chi connectivity index (χ0n) is 20.0. The number of amides is 2. The number of para-hydroxylation sites is 1. The highest BCUT2D eigenvalue weighted by atomic mass is 35.5. The number of benzene rings is 3. The molecule has 3 aromatic carbocycles. The van der Waals surface area contributed by atoms with Crippen LogP contribution in [0.3, 0.4) is 0 Å². The molecule has 0 spiro atoms. The van der Waals surface area contributed by atoms with Gasteiger partial charge in [0, 0.05) is 40.5 Å². The SMILES string of the molecule is O=C(Nc1ccccc1)N1CCc2c(c(-c3ccccc3)nn2Cc2cn(-c3ccc(Cl)cc3)nn2)C1. The number of nitrogens with one attached hydrogen (secondary N) is 1. The Morgan fingerprint density at radius 3 is 2.43 bits per heavy atom. The Morgan fingerprint density at radius 1 is 0.946 bits per heavy atom. The minimum atomic E-state index is -0.116. The van der Waals surface area contributed by atoms with Crippen molar-refractivity contribution < 1.29 is 4.79 Å². The van der Waals surface area contributed by atoms with E-state index in [-0.39, 0.29) is 6.03 Å². The lowest BCUT2D eigenvalue weighted by Gasteiger charge is -2.28. The molecule has 0 fully saturated rings. The Bertz CT molecular complexity index is 1530. The molecule has 0 saturated carbocycles. The standard InChI is InChI=1S/C28H24ClN7O/c29-21-11-13-24(14-12-21)35-17-23(31-33-35)18-36-26-15-16-34(28(37)30-22-9-5-2-6-10-22)19-25(26)27(32-36)20-7-3-1-4-8-20/h1-14,17H,15-16,18-19H2,(H,30,37). The number of urea groups is 1. The Hall–Kier alpha value is -4.43. The molecule has 0 unspecified atom stereocenters. The van der Waals surface area contributed by atoms with E-state index in [1.165, 1.54) is 0 Å². The van der Waals surface area contributed by atoms with Gasteiger partial charge >= 0.3 is 6.03 Å². The van der Waals surface area contributed by atoms with Crippen LogP contribution in [0.15, 0.2) is 91.1 Å². The van der Waals surface area contributed by atoms with Gasteiger partial charge < -0.3 is 10.2 Å². The fraction of sp³-hybridized carbons (Fsp3) is 0.143. The summed E-state index contributed by atoms with van der Waals surface area (Å²) in [5.41, 5.74) is 6.54. The van der Waals surface area contributed by atoms with Crippen molar-refractivity contribution in [3.63, 3.8) is 0 Å². The van der Waals surface area contributed by atoms with Gasteiger partial charge in [0.1, 0.15) is 5.69 Å². The Balaban J connectivity index is 1.29. The lowest BCUT2D eigenvalue weighted by atomic mass is 10.0. The van der Waals surface area contributed by atoms with Gasteiger partial charge in [-0.2, -0.15) is 5.10 Å². The van der Waals surface area contributed by atoms with Crippen LogP contribution in [-0.4, -0.2) is 42.3 Å². The molecule has 6 rings (SSSR count). The smallest absolute Gasteiger partial charge is 0.320 e. The largest absolute Gasteiger partial charge is 0.322 e. The van der Waals surface area contributed by atoms with Crippen LogP contribution in [0.5, 0.6) is 0 Å². The highest BCUT2D eigenvalue weighted by Gasteiger charge is 2.28. The molecule has 2 amide bonds. The Labute approximate surface area is 219 Å². The normalized spacial score (nSPS) is 12.8. The number of aromatic nitrogens is 5. The number of fused-ring (bicyclic) bond motifs is 1. The van der Waals surface area contributed by atoms with Crippen molar-refractivity contribution in [2.45, 2.75) is 19.5 Å². The van der Waals surface area contributed by atoms with Crippen molar-refractivity contribution in [3.8, 4) is 16.9 Å². The van der Waals surface area contributed by atoms with E-state index in [2.05, 4.69) is 15.6 Å². The number of rotatable bonds is 5. The van der Waals surface area contributed by atoms with Crippen molar-refractivity contribution >= 4 is 23.3 Å². The van der Waals surface area contributed by atoms with Crippen molar-refractivity contribution in [1.82, 2.24) is 29.7 Å². The van der Waals surface area contributed by atoms with Crippen LogP contribution >= 0.6 is 11.6 Å². The van der Waals surface area contributed by atoms with Crippen molar-refractivity contribution in [3.05, 3.63) is 113 Å². The van der Waals surface area contributed by atoms with Crippen LogP contribution in [0.2, 0.25) is 5.02 Å². The summed E-state index contributed by atoms with van der Waals surface area (Å²) >= 11 is 6.02. The molecule has 1 aliphatic rings. The number of hydrogen-bond acceptors (Lipinski definition) is 4. The van der Waals surface area contributed by atoms with E-state index in [9.17, 15) is 4.79 Å². The van der Waals surface area contributed by atoms with E-state index in [1.54, 1.807) is 4.68 Å². The lowest BCUT2D eigenvalue weighted by Crippen LogP contribution is -2.39. The summed E-state index contributed by atoms with van der Waals surface area (Å²) in [4.78, 5) is 14.9. The zero-order valence-corrected chi connectivity index (χ0v) is 20.7. The van der Waals surface area contributed by atoms with Crippen LogP contribution in [0.4, 0.5) is 10.5 Å². The average molecular weight is 510 g/mol. The fourth-order valence-corrected chi connectivity index (χ4v) is 4.72. The first kappa shape index (κ1) is 23.0. The molecule has 1 aliphatic heterocycles. The van der Waals surface area contributed by atoms with Gasteiger partial charge in [0.2, 0.25) is 0 Å². The van der Waals surface area contributed by atoms with Gasteiger partial charge in [-0.05, 0) is 36.4 Å². The minimum absolute atomic E-state index is 0.116. The summed E-state index contributed by atoms with van der Waals surface area (Å²) in [6, 6.07) is 26.9. The third-order valence-corrected chi connectivity index (χ3v) is 6.69. The highest BCUT2D eigenvalue weighted by molar-refractivity contribution is 6.30. The molecule has 0 atom stereocenters. The molecule has 37 heavy (non-hydrogen) atoms. The first-order valence-electron chi connectivity index (χ1n) is 12.1. The van der Waals surface area contributed by atoms with Crippen LogP contribution in [0.1, 0.15) is 17.0 Å². The summed E-state index contributed by atoms with van der Waals surface area (Å²) in [6.07, 6.45) is 2.60. The monoisotopic (exact) mass is 509 g/mol. The fourth-order valence-electron chi connectivity index (χ4n) is 4.59. The van der Waals surface area contributed by atoms with E-state index in [4.69, 9.17) is 16.7 Å².